The molecular formula is C23H19ClFN3O4S. The molecule has 1 atom stereocenters. The Bertz CT molecular complexity index is 1410. The summed E-state index contributed by atoms with van der Waals surface area (Å²) < 4.78 is 43.0. The summed E-state index contributed by atoms with van der Waals surface area (Å²) in [5, 5.41) is 0.427. The number of carbonyl (C=O) groups is 1. The summed E-state index contributed by atoms with van der Waals surface area (Å²) in [5.41, 5.74) is 5.71. The van der Waals surface area contributed by atoms with Crippen molar-refractivity contribution in [1.82, 2.24) is 4.90 Å². The van der Waals surface area contributed by atoms with Gasteiger partial charge >= 0.3 is 10.1 Å². The van der Waals surface area contributed by atoms with E-state index in [0.717, 1.165) is 6.26 Å². The molecule has 0 aliphatic carbocycles. The number of hydrogen-bond donors (Lipinski definition) is 1. The average molecular weight is 488 g/mol. The zero-order valence-electron chi connectivity index (χ0n) is 17.6. The quantitative estimate of drug-likeness (QED) is 0.555. The van der Waals surface area contributed by atoms with Gasteiger partial charge in [-0.05, 0) is 53.1 Å². The minimum atomic E-state index is -3.81. The fraction of sp³-hybridized carbons (Fsp3) is 0.130. The Morgan fingerprint density at radius 2 is 1.76 bits per heavy atom. The summed E-state index contributed by atoms with van der Waals surface area (Å²) in [7, 11) is -2.33. The first kappa shape index (κ1) is 22.8. The van der Waals surface area contributed by atoms with Gasteiger partial charge in [0.05, 0.1) is 6.26 Å². The number of likely N-dealkylation sites (N-methyl/N-ethyl adjacent to an activating group) is 1. The molecular weight excluding hydrogens is 469 g/mol. The minimum Gasteiger partial charge on any atom is -0.383 e. The monoisotopic (exact) mass is 487 g/mol. The second-order valence-corrected chi connectivity index (χ2v) is 9.58. The molecule has 3 aromatic rings. The lowest BCUT2D eigenvalue weighted by atomic mass is 9.81. The Kier molecular flexibility index (Phi) is 5.63. The summed E-state index contributed by atoms with van der Waals surface area (Å²) in [6, 6.07) is 16.8. The van der Waals surface area contributed by atoms with Gasteiger partial charge in [0.1, 0.15) is 11.6 Å². The number of amides is 1. The van der Waals surface area contributed by atoms with Crippen molar-refractivity contribution in [2.45, 2.75) is 5.54 Å². The van der Waals surface area contributed by atoms with Crippen LogP contribution in [0.15, 0.2) is 71.7 Å². The smallest absolute Gasteiger partial charge is 0.306 e. The van der Waals surface area contributed by atoms with E-state index in [1.807, 2.05) is 0 Å². The SMILES string of the molecule is CN1C(=O)C(c2cccc(OS(C)(=O)=O)c2)(c2ccc(F)c(-c3cccc(Cl)c3)c2)N=C1N. The fourth-order valence-electron chi connectivity index (χ4n) is 3.76. The maximum Gasteiger partial charge on any atom is 0.306 e. The highest BCUT2D eigenvalue weighted by atomic mass is 35.5. The van der Waals surface area contributed by atoms with E-state index in [0.29, 0.717) is 21.7 Å². The molecule has 0 fully saturated rings. The zero-order chi connectivity index (χ0) is 24.0. The Balaban J connectivity index is 1.95. The molecule has 2 N–H and O–H groups in total. The van der Waals surface area contributed by atoms with E-state index >= 15 is 0 Å². The first-order valence-electron chi connectivity index (χ1n) is 9.71. The summed E-state index contributed by atoms with van der Waals surface area (Å²) in [5.74, 6) is -1.04. The molecule has 7 nitrogen and oxygen atoms in total. The average Bonchev–Trinajstić information content (AvgIpc) is 2.98. The largest absolute Gasteiger partial charge is 0.383 e. The van der Waals surface area contributed by atoms with Crippen molar-refractivity contribution in [3.8, 4) is 16.9 Å². The molecule has 0 bridgehead atoms. The predicted molar refractivity (Wildman–Crippen MR) is 124 cm³/mol. The summed E-state index contributed by atoms with van der Waals surface area (Å²) in [4.78, 5) is 19.1. The highest BCUT2D eigenvalue weighted by Crippen LogP contribution is 2.42. The molecule has 0 saturated heterocycles. The first-order valence-corrected chi connectivity index (χ1v) is 11.9. The molecule has 3 aromatic carbocycles. The van der Waals surface area contributed by atoms with E-state index in [-0.39, 0.29) is 17.3 Å². The van der Waals surface area contributed by atoms with E-state index in [1.165, 1.54) is 48.3 Å². The standard InChI is InChI=1S/C23H19ClFN3O4S/c1-28-21(29)23(27-22(28)26,15-6-4-8-18(12-15)32-33(2,30)31)16-9-10-20(25)19(13-16)14-5-3-7-17(24)11-14/h3-13H,1-2H3,(H2,26,27). The lowest BCUT2D eigenvalue weighted by molar-refractivity contribution is -0.129. The number of benzene rings is 3. The Morgan fingerprint density at radius 3 is 2.39 bits per heavy atom. The summed E-state index contributed by atoms with van der Waals surface area (Å²) >= 11 is 6.08. The van der Waals surface area contributed by atoms with Gasteiger partial charge in [0.15, 0.2) is 11.5 Å². The molecule has 0 radical (unpaired) electrons. The Hall–Kier alpha value is -3.43. The number of halogens is 2. The van der Waals surface area contributed by atoms with Crippen molar-refractivity contribution in [2.24, 2.45) is 10.7 Å². The highest BCUT2D eigenvalue weighted by Gasteiger charge is 2.50. The fourth-order valence-corrected chi connectivity index (χ4v) is 4.40. The van der Waals surface area contributed by atoms with Gasteiger partial charge in [-0.2, -0.15) is 8.42 Å². The van der Waals surface area contributed by atoms with Crippen LogP contribution in [0.3, 0.4) is 0 Å². The van der Waals surface area contributed by atoms with Crippen LogP contribution in [0.25, 0.3) is 11.1 Å². The lowest BCUT2D eigenvalue weighted by Crippen LogP contribution is -2.41. The Labute approximate surface area is 195 Å². The van der Waals surface area contributed by atoms with Crippen LogP contribution in [0.2, 0.25) is 5.02 Å². The van der Waals surface area contributed by atoms with Crippen LogP contribution in [-0.4, -0.2) is 38.5 Å². The maximum atomic E-state index is 14.8. The molecule has 1 amide bonds. The van der Waals surface area contributed by atoms with Crippen LogP contribution < -0.4 is 9.92 Å². The van der Waals surface area contributed by atoms with Gasteiger partial charge in [0, 0.05) is 17.6 Å². The third kappa shape index (κ3) is 4.17. The minimum absolute atomic E-state index is 0.00248. The number of aliphatic imine (C=N–C) groups is 1. The van der Waals surface area contributed by atoms with Gasteiger partial charge in [0.25, 0.3) is 5.91 Å². The molecule has 1 unspecified atom stereocenters. The number of guanidine groups is 1. The number of rotatable bonds is 5. The van der Waals surface area contributed by atoms with Crippen molar-refractivity contribution < 1.29 is 21.8 Å². The number of carbonyl (C=O) groups excluding carboxylic acids is 1. The van der Waals surface area contributed by atoms with Gasteiger partial charge < -0.3 is 9.92 Å². The van der Waals surface area contributed by atoms with Gasteiger partial charge in [-0.25, -0.2) is 9.38 Å². The summed E-state index contributed by atoms with van der Waals surface area (Å²) in [6.45, 7) is 0. The molecule has 0 spiro atoms. The molecule has 1 aliphatic heterocycles. The van der Waals surface area contributed by atoms with Gasteiger partial charge in [0.2, 0.25) is 0 Å². The number of hydrogen-bond acceptors (Lipinski definition) is 6. The van der Waals surface area contributed by atoms with Gasteiger partial charge in [-0.3, -0.25) is 9.69 Å². The van der Waals surface area contributed by atoms with Crippen molar-refractivity contribution in [1.29, 1.82) is 0 Å². The van der Waals surface area contributed by atoms with E-state index in [2.05, 4.69) is 4.99 Å². The van der Waals surface area contributed by atoms with Gasteiger partial charge in [-0.1, -0.05) is 41.9 Å². The molecule has 170 valence electrons. The lowest BCUT2D eigenvalue weighted by Gasteiger charge is -2.27. The molecule has 4 rings (SSSR count). The maximum absolute atomic E-state index is 14.8. The van der Waals surface area contributed by atoms with Crippen LogP contribution in [0.1, 0.15) is 11.1 Å². The molecule has 1 aliphatic rings. The van der Waals surface area contributed by atoms with E-state index < -0.39 is 27.4 Å². The van der Waals surface area contributed by atoms with Crippen LogP contribution >= 0.6 is 11.6 Å². The third-order valence-corrected chi connectivity index (χ3v) is 5.99. The normalized spacial score (nSPS) is 18.4. The summed E-state index contributed by atoms with van der Waals surface area (Å²) in [6.07, 6.45) is 0.914. The Morgan fingerprint density at radius 1 is 1.06 bits per heavy atom. The first-order chi connectivity index (χ1) is 15.5. The van der Waals surface area contributed by atoms with Crippen LogP contribution in [0.5, 0.6) is 5.75 Å². The second kappa shape index (κ2) is 8.17. The second-order valence-electron chi connectivity index (χ2n) is 7.56. The van der Waals surface area contributed by atoms with Gasteiger partial charge in [-0.15, -0.1) is 0 Å². The molecule has 33 heavy (non-hydrogen) atoms. The molecule has 1 heterocycles. The highest BCUT2D eigenvalue weighted by molar-refractivity contribution is 7.86. The molecule has 0 aromatic heterocycles. The van der Waals surface area contributed by atoms with Crippen molar-refractivity contribution in [3.05, 3.63) is 88.7 Å². The zero-order valence-corrected chi connectivity index (χ0v) is 19.2. The topological polar surface area (TPSA) is 102 Å². The predicted octanol–water partition coefficient (Wildman–Crippen LogP) is 3.51. The van der Waals surface area contributed by atoms with Crippen LogP contribution in [-0.2, 0) is 20.5 Å². The van der Waals surface area contributed by atoms with Crippen molar-refractivity contribution in [3.63, 3.8) is 0 Å². The molecule has 10 heteroatoms. The number of nitrogens with zero attached hydrogens (tertiary/aromatic N) is 2. The van der Waals surface area contributed by atoms with Crippen LogP contribution in [0.4, 0.5) is 4.39 Å². The van der Waals surface area contributed by atoms with Crippen molar-refractivity contribution >= 4 is 33.6 Å². The van der Waals surface area contributed by atoms with E-state index in [1.54, 1.807) is 30.3 Å². The van der Waals surface area contributed by atoms with E-state index in [9.17, 15) is 17.6 Å². The molecule has 0 saturated carbocycles. The van der Waals surface area contributed by atoms with Crippen LogP contribution in [0, 0.1) is 5.82 Å². The number of nitrogens with two attached hydrogens (primary N) is 1. The van der Waals surface area contributed by atoms with Crippen molar-refractivity contribution in [2.75, 3.05) is 13.3 Å². The third-order valence-electron chi connectivity index (χ3n) is 5.26. The van der Waals surface area contributed by atoms with E-state index in [4.69, 9.17) is 21.5 Å².